The molecule has 0 aliphatic rings. The van der Waals surface area contributed by atoms with Gasteiger partial charge in [0, 0.05) is 54.3 Å². The van der Waals surface area contributed by atoms with E-state index in [0.29, 0.717) is 0 Å². The van der Waals surface area contributed by atoms with E-state index >= 15 is 0 Å². The molecule has 0 atom stereocenters. The van der Waals surface area contributed by atoms with Gasteiger partial charge < -0.3 is 8.83 Å². The van der Waals surface area contributed by atoms with Crippen LogP contribution in [-0.4, -0.2) is 5.34 Å². The lowest BCUT2D eigenvalue weighted by Crippen LogP contribution is -1.66. The zero-order chi connectivity index (χ0) is 22.9. The van der Waals surface area contributed by atoms with E-state index in [-0.39, 0.29) is 5.34 Å². The molecule has 164 valence electrons. The molecule has 0 N–H and O–H groups in total. The van der Waals surface area contributed by atoms with Crippen LogP contribution in [0.3, 0.4) is 0 Å². The summed E-state index contributed by atoms with van der Waals surface area (Å²) in [6.45, 7) is 0. The second-order valence-corrected chi connectivity index (χ2v) is 8.16. The van der Waals surface area contributed by atoms with Gasteiger partial charge in [0.25, 0.3) is 0 Å². The quantitative estimate of drug-likeness (QED) is 0.152. The number of hydrogen-bond acceptors (Lipinski definition) is 2. The molecule has 0 fully saturated rings. The summed E-state index contributed by atoms with van der Waals surface area (Å²) in [6, 6.07) is 30.3. The van der Waals surface area contributed by atoms with Crippen molar-refractivity contribution < 1.29 is 8.83 Å². The molecule has 0 saturated carbocycles. The van der Waals surface area contributed by atoms with Gasteiger partial charge in [-0.3, -0.25) is 0 Å². The topological polar surface area (TPSA) is 26.3 Å². The fourth-order valence-electron chi connectivity index (χ4n) is 3.37. The molecule has 0 amide bonds. The smallest absolute Gasteiger partial charge is 0.135 e. The lowest BCUT2D eigenvalue weighted by molar-refractivity contribution is 0.668. The number of halogens is 5. The maximum absolute atomic E-state index is 5.69. The van der Waals surface area contributed by atoms with Gasteiger partial charge in [-0.1, -0.05) is 70.5 Å². The van der Waals surface area contributed by atoms with Crippen LogP contribution < -0.4 is 0 Å². The number of para-hydroxylation sites is 3. The Morgan fingerprint density at radius 3 is 1.31 bits per heavy atom. The van der Waals surface area contributed by atoms with Crippen molar-refractivity contribution in [3.8, 4) is 0 Å². The average molecular weight is 660 g/mol. The van der Waals surface area contributed by atoms with E-state index in [1.807, 2.05) is 66.7 Å². The van der Waals surface area contributed by atoms with Gasteiger partial charge in [0.05, 0.1) is 5.34 Å². The van der Waals surface area contributed by atoms with E-state index in [0.717, 1.165) is 32.2 Å². The molecule has 2 aromatic heterocycles. The number of benzene rings is 4. The van der Waals surface area contributed by atoms with Crippen LogP contribution in [0.25, 0.3) is 43.9 Å². The molecule has 6 rings (SSSR count). The molecule has 32 heavy (non-hydrogen) atoms. The Kier molecular flexibility index (Phi) is 9.94. The predicted molar refractivity (Wildman–Crippen MR) is 150 cm³/mol. The molecule has 2 nitrogen and oxygen atoms in total. The maximum Gasteiger partial charge on any atom is 0.135 e. The van der Waals surface area contributed by atoms with Crippen LogP contribution in [0.4, 0.5) is 0 Å². The van der Waals surface area contributed by atoms with Crippen molar-refractivity contribution in [2.24, 2.45) is 0 Å². The molecule has 0 radical (unpaired) electrons. The second-order valence-electron chi connectivity index (χ2n) is 6.43. The third kappa shape index (κ3) is 5.89. The summed E-state index contributed by atoms with van der Waals surface area (Å²) >= 11 is 18.5. The van der Waals surface area contributed by atoms with Crippen LogP contribution in [0.5, 0.6) is 0 Å². The highest BCUT2D eigenvalue weighted by atomic mass is 80.9. The van der Waals surface area contributed by atoms with E-state index in [9.17, 15) is 0 Å². The van der Waals surface area contributed by atoms with Crippen molar-refractivity contribution in [1.82, 2.24) is 0 Å². The van der Waals surface area contributed by atoms with E-state index in [2.05, 4.69) is 68.5 Å². The van der Waals surface area contributed by atoms with Gasteiger partial charge >= 0.3 is 0 Å². The van der Waals surface area contributed by atoms with Crippen molar-refractivity contribution in [3.63, 3.8) is 0 Å². The standard InChI is InChI=1S/C12H7BrO.C12H8O.CH2Cl2.Br2/c13-8-5-6-12-10(7-8)9-3-1-2-4-11(9)14-12;1-3-7-11-9(5-1)10-6-2-4-8-12(10)13-11;2-1-3;1-2/h1-7H;1-8H;1H2;. The van der Waals surface area contributed by atoms with Crippen LogP contribution in [0.1, 0.15) is 0 Å². The molecule has 6 aromatic rings. The van der Waals surface area contributed by atoms with Gasteiger partial charge in [-0.25, -0.2) is 0 Å². The lowest BCUT2D eigenvalue weighted by atomic mass is 10.2. The molecule has 0 saturated heterocycles. The van der Waals surface area contributed by atoms with E-state index < -0.39 is 0 Å². The maximum atomic E-state index is 5.69. The predicted octanol–water partition coefficient (Wildman–Crippen LogP) is 11.0. The monoisotopic (exact) mass is 656 g/mol. The summed E-state index contributed by atoms with van der Waals surface area (Å²) in [6.07, 6.45) is 0. The molecular weight excluding hydrogens is 643 g/mol. The van der Waals surface area contributed by atoms with E-state index in [1.54, 1.807) is 0 Å². The largest absolute Gasteiger partial charge is 0.456 e. The van der Waals surface area contributed by atoms with Crippen LogP contribution in [0.2, 0.25) is 0 Å². The fourth-order valence-corrected chi connectivity index (χ4v) is 3.73. The van der Waals surface area contributed by atoms with Crippen LogP contribution in [0, 0.1) is 0 Å². The van der Waals surface area contributed by atoms with Gasteiger partial charge in [-0.15, -0.1) is 23.2 Å². The Morgan fingerprint density at radius 1 is 0.531 bits per heavy atom. The van der Waals surface area contributed by atoms with Gasteiger partial charge in [-0.2, -0.15) is 0 Å². The first-order chi connectivity index (χ1) is 15.7. The molecule has 4 aromatic carbocycles. The molecule has 0 bridgehead atoms. The van der Waals surface area contributed by atoms with Gasteiger partial charge in [0.15, 0.2) is 0 Å². The third-order valence-electron chi connectivity index (χ3n) is 4.62. The van der Waals surface area contributed by atoms with Crippen LogP contribution in [-0.2, 0) is 0 Å². The Labute approximate surface area is 219 Å². The highest BCUT2D eigenvalue weighted by Crippen LogP contribution is 2.30. The zero-order valence-electron chi connectivity index (χ0n) is 16.6. The van der Waals surface area contributed by atoms with Crippen LogP contribution >= 0.6 is 67.4 Å². The number of rotatable bonds is 0. The summed E-state index contributed by atoms with van der Waals surface area (Å²) < 4.78 is 12.4. The van der Waals surface area contributed by atoms with Crippen molar-refractivity contribution in [2.45, 2.75) is 0 Å². The number of hydrogen-bond donors (Lipinski definition) is 0. The Bertz CT molecular complexity index is 1380. The molecule has 0 aliphatic carbocycles. The summed E-state index contributed by atoms with van der Waals surface area (Å²) in [4.78, 5) is 0. The van der Waals surface area contributed by atoms with Crippen LogP contribution in [0.15, 0.2) is 104 Å². The molecule has 7 heteroatoms. The molecule has 0 unspecified atom stereocenters. The van der Waals surface area contributed by atoms with Gasteiger partial charge in [0.2, 0.25) is 0 Å². The summed E-state index contributed by atoms with van der Waals surface area (Å²) in [5.74, 6) is 0. The first-order valence-electron chi connectivity index (χ1n) is 9.40. The fraction of sp³-hybridized carbons (Fsp3) is 0.0400. The van der Waals surface area contributed by atoms with Crippen molar-refractivity contribution in [2.75, 3.05) is 5.34 Å². The Hall–Kier alpha value is -1.50. The molecule has 0 aliphatic heterocycles. The average Bonchev–Trinajstić information content (AvgIpc) is 3.39. The summed E-state index contributed by atoms with van der Waals surface area (Å²) in [5.41, 5.74) is 3.81. The van der Waals surface area contributed by atoms with Gasteiger partial charge in [-0.05, 0) is 36.4 Å². The second kappa shape index (κ2) is 12.7. The van der Waals surface area contributed by atoms with Crippen molar-refractivity contribution >= 4 is 111 Å². The zero-order valence-corrected chi connectivity index (χ0v) is 22.8. The van der Waals surface area contributed by atoms with Crippen molar-refractivity contribution in [1.29, 1.82) is 0 Å². The Morgan fingerprint density at radius 2 is 0.875 bits per heavy atom. The first-order valence-corrected chi connectivity index (χ1v) is 15.0. The number of alkyl halides is 2. The van der Waals surface area contributed by atoms with E-state index in [1.165, 1.54) is 16.2 Å². The van der Waals surface area contributed by atoms with E-state index in [4.69, 9.17) is 32.0 Å². The van der Waals surface area contributed by atoms with Crippen molar-refractivity contribution in [3.05, 3.63) is 95.5 Å². The number of fused-ring (bicyclic) bond motifs is 6. The minimum atomic E-state index is 0.194. The highest BCUT2D eigenvalue weighted by Gasteiger charge is 2.05. The summed E-state index contributed by atoms with van der Waals surface area (Å²) in [7, 11) is 0. The third-order valence-corrected chi connectivity index (χ3v) is 5.12. The highest BCUT2D eigenvalue weighted by molar-refractivity contribution is 9.93. The lowest BCUT2D eigenvalue weighted by Gasteiger charge is -1.89. The number of furan rings is 2. The Balaban J connectivity index is 0.000000151. The summed E-state index contributed by atoms with van der Waals surface area (Å²) in [5, 5.41) is 4.91. The first kappa shape index (κ1) is 25.1. The SMILES string of the molecule is BrBr.Brc1ccc2oc3ccccc3c2c1.ClCCl.c1ccc2c(c1)oc1ccccc12. The minimum Gasteiger partial charge on any atom is -0.456 e. The minimum absolute atomic E-state index is 0.194. The molecular formula is C25H17Br3Cl2O2. The normalized spacial score (nSPS) is 10.2. The van der Waals surface area contributed by atoms with Gasteiger partial charge in [0.1, 0.15) is 22.3 Å². The molecule has 2 heterocycles. The molecule has 0 spiro atoms.